The molecule has 1 aromatic carbocycles. The smallest absolute Gasteiger partial charge is 0.130 e. The van der Waals surface area contributed by atoms with E-state index in [9.17, 15) is 4.39 Å². The van der Waals surface area contributed by atoms with Gasteiger partial charge in [-0.05, 0) is 25.1 Å². The van der Waals surface area contributed by atoms with E-state index in [0.717, 1.165) is 12.8 Å². The van der Waals surface area contributed by atoms with Crippen LogP contribution in [-0.4, -0.2) is 6.54 Å². The van der Waals surface area contributed by atoms with E-state index >= 15 is 0 Å². The molecule has 0 aliphatic heterocycles. The van der Waals surface area contributed by atoms with Crippen LogP contribution >= 0.6 is 11.6 Å². The van der Waals surface area contributed by atoms with Crippen LogP contribution in [0, 0.1) is 17.1 Å². The summed E-state index contributed by atoms with van der Waals surface area (Å²) in [6.45, 7) is 2.73. The number of nitriles is 1. The maximum atomic E-state index is 13.5. The second-order valence-corrected chi connectivity index (χ2v) is 3.91. The van der Waals surface area contributed by atoms with Crippen molar-refractivity contribution in [3.05, 3.63) is 34.6 Å². The van der Waals surface area contributed by atoms with Crippen molar-refractivity contribution in [2.24, 2.45) is 0 Å². The summed E-state index contributed by atoms with van der Waals surface area (Å²) in [4.78, 5) is 0. The first kappa shape index (κ1) is 13.0. The third-order valence-electron chi connectivity index (χ3n) is 2.30. The van der Waals surface area contributed by atoms with Crippen LogP contribution in [0.25, 0.3) is 0 Å². The molecule has 0 aromatic heterocycles. The van der Waals surface area contributed by atoms with Crippen LogP contribution in [0.1, 0.15) is 31.4 Å². The van der Waals surface area contributed by atoms with Crippen LogP contribution in [0.15, 0.2) is 18.2 Å². The highest BCUT2D eigenvalue weighted by molar-refractivity contribution is 6.31. The molecule has 86 valence electrons. The Kier molecular flexibility index (Phi) is 5.24. The fourth-order valence-electron chi connectivity index (χ4n) is 1.42. The van der Waals surface area contributed by atoms with E-state index in [1.54, 1.807) is 6.07 Å². The average molecular weight is 241 g/mol. The number of unbranched alkanes of at least 4 members (excludes halogenated alkanes) is 1. The highest BCUT2D eigenvalue weighted by Gasteiger charge is 2.17. The van der Waals surface area contributed by atoms with Crippen LogP contribution in [-0.2, 0) is 0 Å². The predicted molar refractivity (Wildman–Crippen MR) is 62.7 cm³/mol. The molecule has 0 amide bonds. The number of hydrogen-bond acceptors (Lipinski definition) is 2. The van der Waals surface area contributed by atoms with Crippen molar-refractivity contribution in [2.75, 3.05) is 6.54 Å². The van der Waals surface area contributed by atoms with Gasteiger partial charge in [0.1, 0.15) is 11.9 Å². The molecule has 0 saturated carbocycles. The van der Waals surface area contributed by atoms with Gasteiger partial charge in [0.2, 0.25) is 0 Å². The lowest BCUT2D eigenvalue weighted by atomic mass is 10.1. The second kappa shape index (κ2) is 6.47. The molecule has 0 aliphatic rings. The van der Waals surface area contributed by atoms with Crippen molar-refractivity contribution >= 4 is 11.6 Å². The Balaban J connectivity index is 2.83. The van der Waals surface area contributed by atoms with Crippen molar-refractivity contribution in [2.45, 2.75) is 25.8 Å². The summed E-state index contributed by atoms with van der Waals surface area (Å²) in [6.07, 6.45) is 1.97. The van der Waals surface area contributed by atoms with Gasteiger partial charge in [-0.1, -0.05) is 31.0 Å². The standard InChI is InChI=1S/C12H14ClFN2/c1-2-3-7-16-11(8-15)12-9(13)5-4-6-10(12)14/h4-6,11,16H,2-3,7H2,1H3. The monoisotopic (exact) mass is 240 g/mol. The van der Waals surface area contributed by atoms with Crippen LogP contribution in [0.5, 0.6) is 0 Å². The molecule has 1 unspecified atom stereocenters. The molecule has 4 heteroatoms. The number of nitrogens with zero attached hydrogens (tertiary/aromatic N) is 1. The third-order valence-corrected chi connectivity index (χ3v) is 2.63. The Morgan fingerprint density at radius 2 is 2.31 bits per heavy atom. The number of nitrogens with one attached hydrogen (secondary N) is 1. The minimum absolute atomic E-state index is 0.239. The second-order valence-electron chi connectivity index (χ2n) is 3.51. The molecule has 0 radical (unpaired) electrons. The van der Waals surface area contributed by atoms with Gasteiger partial charge < -0.3 is 0 Å². The summed E-state index contributed by atoms with van der Waals surface area (Å²) in [5.41, 5.74) is 0.239. The maximum absolute atomic E-state index is 13.5. The van der Waals surface area contributed by atoms with E-state index in [1.807, 2.05) is 6.07 Å². The Morgan fingerprint density at radius 1 is 1.56 bits per heavy atom. The minimum Gasteiger partial charge on any atom is -0.298 e. The Morgan fingerprint density at radius 3 is 2.88 bits per heavy atom. The van der Waals surface area contributed by atoms with Gasteiger partial charge in [-0.15, -0.1) is 0 Å². The van der Waals surface area contributed by atoms with E-state index in [0.29, 0.717) is 6.54 Å². The predicted octanol–water partition coefficient (Wildman–Crippen LogP) is 3.43. The number of hydrogen-bond donors (Lipinski definition) is 1. The van der Waals surface area contributed by atoms with Crippen LogP contribution < -0.4 is 5.32 Å². The molecule has 0 heterocycles. The van der Waals surface area contributed by atoms with Crippen molar-refractivity contribution in [3.63, 3.8) is 0 Å². The van der Waals surface area contributed by atoms with Gasteiger partial charge in [0.15, 0.2) is 0 Å². The quantitative estimate of drug-likeness (QED) is 0.801. The van der Waals surface area contributed by atoms with E-state index in [1.165, 1.54) is 12.1 Å². The van der Waals surface area contributed by atoms with Gasteiger partial charge in [-0.2, -0.15) is 5.26 Å². The number of rotatable bonds is 5. The van der Waals surface area contributed by atoms with E-state index in [-0.39, 0.29) is 10.6 Å². The highest BCUT2D eigenvalue weighted by Crippen LogP contribution is 2.25. The first-order chi connectivity index (χ1) is 7.70. The summed E-state index contributed by atoms with van der Waals surface area (Å²) in [7, 11) is 0. The lowest BCUT2D eigenvalue weighted by Gasteiger charge is -2.13. The van der Waals surface area contributed by atoms with Crippen LogP contribution in [0.2, 0.25) is 5.02 Å². The first-order valence-corrected chi connectivity index (χ1v) is 5.65. The zero-order valence-corrected chi connectivity index (χ0v) is 9.89. The molecule has 2 nitrogen and oxygen atoms in total. The van der Waals surface area contributed by atoms with E-state index in [4.69, 9.17) is 16.9 Å². The average Bonchev–Trinajstić information content (AvgIpc) is 2.26. The number of halogens is 2. The first-order valence-electron chi connectivity index (χ1n) is 5.27. The molecule has 0 spiro atoms. The molecule has 1 N–H and O–H groups in total. The lowest BCUT2D eigenvalue weighted by Crippen LogP contribution is -2.22. The zero-order valence-electron chi connectivity index (χ0n) is 9.13. The Labute approximate surface area is 100 Å². The normalized spacial score (nSPS) is 12.1. The zero-order chi connectivity index (χ0) is 12.0. The van der Waals surface area contributed by atoms with Crippen LogP contribution in [0.4, 0.5) is 4.39 Å². The van der Waals surface area contributed by atoms with E-state index < -0.39 is 11.9 Å². The maximum Gasteiger partial charge on any atom is 0.130 e. The molecule has 1 rings (SSSR count). The van der Waals surface area contributed by atoms with Gasteiger partial charge in [0.05, 0.1) is 6.07 Å². The van der Waals surface area contributed by atoms with Crippen LogP contribution in [0.3, 0.4) is 0 Å². The third kappa shape index (κ3) is 3.19. The molecule has 0 bridgehead atoms. The fourth-order valence-corrected chi connectivity index (χ4v) is 1.69. The summed E-state index contributed by atoms with van der Waals surface area (Å²) in [6, 6.07) is 5.77. The summed E-state index contributed by atoms with van der Waals surface area (Å²) in [5.74, 6) is -0.442. The van der Waals surface area contributed by atoms with Gasteiger partial charge in [0, 0.05) is 10.6 Å². The molecule has 0 aliphatic carbocycles. The minimum atomic E-state index is -0.680. The van der Waals surface area contributed by atoms with Gasteiger partial charge in [-0.25, -0.2) is 4.39 Å². The van der Waals surface area contributed by atoms with Crippen molar-refractivity contribution in [1.82, 2.24) is 5.32 Å². The summed E-state index contributed by atoms with van der Waals surface area (Å²) < 4.78 is 13.5. The summed E-state index contributed by atoms with van der Waals surface area (Å²) >= 11 is 5.88. The molecular formula is C12H14ClFN2. The van der Waals surface area contributed by atoms with Gasteiger partial charge >= 0.3 is 0 Å². The van der Waals surface area contributed by atoms with E-state index in [2.05, 4.69) is 12.2 Å². The van der Waals surface area contributed by atoms with Crippen molar-refractivity contribution < 1.29 is 4.39 Å². The SMILES string of the molecule is CCCCNC(C#N)c1c(F)cccc1Cl. The Bertz CT molecular complexity index is 367. The molecule has 0 fully saturated rings. The van der Waals surface area contributed by atoms with Crippen molar-refractivity contribution in [1.29, 1.82) is 5.26 Å². The molecule has 16 heavy (non-hydrogen) atoms. The largest absolute Gasteiger partial charge is 0.298 e. The molecule has 1 aromatic rings. The van der Waals surface area contributed by atoms with Gasteiger partial charge in [0.25, 0.3) is 0 Å². The lowest BCUT2D eigenvalue weighted by molar-refractivity contribution is 0.552. The highest BCUT2D eigenvalue weighted by atomic mass is 35.5. The Hall–Kier alpha value is -1.11. The summed E-state index contributed by atoms with van der Waals surface area (Å²) in [5, 5.41) is 12.3. The van der Waals surface area contributed by atoms with Crippen molar-refractivity contribution in [3.8, 4) is 6.07 Å². The topological polar surface area (TPSA) is 35.8 Å². The molecule has 1 atom stereocenters. The van der Waals surface area contributed by atoms with Gasteiger partial charge in [-0.3, -0.25) is 5.32 Å². The fraction of sp³-hybridized carbons (Fsp3) is 0.417. The molecular weight excluding hydrogens is 227 g/mol. The number of benzene rings is 1. The molecule has 0 saturated heterocycles.